The van der Waals surface area contributed by atoms with Crippen molar-refractivity contribution in [2.24, 2.45) is 17.1 Å². The molecule has 0 aromatic carbocycles. The first-order valence-electron chi connectivity index (χ1n) is 6.11. The molecule has 1 aliphatic heterocycles. The van der Waals surface area contributed by atoms with E-state index >= 15 is 0 Å². The van der Waals surface area contributed by atoms with Crippen molar-refractivity contribution in [2.45, 2.75) is 26.7 Å². The number of nitrogens with one attached hydrogen (secondary N) is 1. The number of amides is 1. The van der Waals surface area contributed by atoms with Gasteiger partial charge in [0, 0.05) is 13.1 Å². The fourth-order valence-corrected chi connectivity index (χ4v) is 2.12. The second kappa shape index (κ2) is 5.64. The molecule has 0 aromatic rings. The number of piperidine rings is 1. The summed E-state index contributed by atoms with van der Waals surface area (Å²) in [6, 6.07) is 0. The maximum Gasteiger partial charge on any atom is 0.224 e. The van der Waals surface area contributed by atoms with E-state index in [4.69, 9.17) is 5.73 Å². The minimum Gasteiger partial charge on any atom is -0.369 e. The van der Waals surface area contributed by atoms with E-state index in [2.05, 4.69) is 17.3 Å². The molecule has 0 spiro atoms. The number of nitrogens with two attached hydrogens (primary N) is 1. The van der Waals surface area contributed by atoms with Crippen molar-refractivity contribution in [3.63, 3.8) is 0 Å². The summed E-state index contributed by atoms with van der Waals surface area (Å²) in [7, 11) is 2.17. The molecule has 4 heteroatoms. The average molecular weight is 227 g/mol. The minimum atomic E-state index is -0.444. The van der Waals surface area contributed by atoms with Gasteiger partial charge in [0.15, 0.2) is 0 Å². The summed E-state index contributed by atoms with van der Waals surface area (Å²) < 4.78 is 0. The number of nitrogens with zero attached hydrogens (tertiary/aromatic N) is 1. The van der Waals surface area contributed by atoms with Crippen molar-refractivity contribution < 1.29 is 4.79 Å². The number of hydrogen-bond acceptors (Lipinski definition) is 3. The van der Waals surface area contributed by atoms with Gasteiger partial charge in [-0.2, -0.15) is 0 Å². The second-order valence-corrected chi connectivity index (χ2v) is 5.65. The van der Waals surface area contributed by atoms with Crippen LogP contribution in [0.25, 0.3) is 0 Å². The van der Waals surface area contributed by atoms with Crippen LogP contribution >= 0.6 is 0 Å². The summed E-state index contributed by atoms with van der Waals surface area (Å²) >= 11 is 0. The predicted molar refractivity (Wildman–Crippen MR) is 66.1 cm³/mol. The highest BCUT2D eigenvalue weighted by molar-refractivity contribution is 5.80. The van der Waals surface area contributed by atoms with Gasteiger partial charge in [0.25, 0.3) is 0 Å². The van der Waals surface area contributed by atoms with Crippen molar-refractivity contribution in [3.05, 3.63) is 0 Å². The predicted octanol–water partition coefficient (Wildman–Crippen LogP) is 0.429. The monoisotopic (exact) mass is 227 g/mol. The molecule has 0 radical (unpaired) electrons. The van der Waals surface area contributed by atoms with Gasteiger partial charge in [-0.05, 0) is 52.7 Å². The van der Waals surface area contributed by atoms with E-state index in [9.17, 15) is 4.79 Å². The molecule has 1 heterocycles. The highest BCUT2D eigenvalue weighted by atomic mass is 16.1. The van der Waals surface area contributed by atoms with Gasteiger partial charge in [0.05, 0.1) is 5.41 Å². The van der Waals surface area contributed by atoms with E-state index in [1.807, 2.05) is 13.8 Å². The third kappa shape index (κ3) is 4.10. The number of hydrogen-bond donors (Lipinski definition) is 2. The highest BCUT2D eigenvalue weighted by Gasteiger charge is 2.25. The Balaban J connectivity index is 2.22. The Morgan fingerprint density at radius 3 is 2.81 bits per heavy atom. The van der Waals surface area contributed by atoms with Gasteiger partial charge in [-0.25, -0.2) is 0 Å². The topological polar surface area (TPSA) is 58.4 Å². The molecule has 0 saturated carbocycles. The largest absolute Gasteiger partial charge is 0.369 e. The zero-order valence-electron chi connectivity index (χ0n) is 10.8. The van der Waals surface area contributed by atoms with Crippen molar-refractivity contribution in [1.29, 1.82) is 0 Å². The fraction of sp³-hybridized carbons (Fsp3) is 0.917. The first kappa shape index (κ1) is 13.5. The summed E-state index contributed by atoms with van der Waals surface area (Å²) in [4.78, 5) is 13.5. The van der Waals surface area contributed by atoms with Crippen molar-refractivity contribution in [3.8, 4) is 0 Å². The quantitative estimate of drug-likeness (QED) is 0.716. The highest BCUT2D eigenvalue weighted by Crippen LogP contribution is 2.15. The average Bonchev–Trinajstić information content (AvgIpc) is 2.17. The lowest BCUT2D eigenvalue weighted by Crippen LogP contribution is -2.43. The molecular formula is C12H25N3O. The molecular weight excluding hydrogens is 202 g/mol. The van der Waals surface area contributed by atoms with Crippen LogP contribution in [0.3, 0.4) is 0 Å². The van der Waals surface area contributed by atoms with Crippen molar-refractivity contribution in [1.82, 2.24) is 10.2 Å². The Labute approximate surface area is 98.6 Å². The van der Waals surface area contributed by atoms with E-state index in [1.54, 1.807) is 0 Å². The zero-order chi connectivity index (χ0) is 12.2. The SMILES string of the molecule is CN1CCCC(CNCC(C)(C)C(N)=O)C1. The standard InChI is InChI=1S/C12H25N3O/c1-12(2,11(13)16)9-14-7-10-5-4-6-15(3)8-10/h10,14H,4-9H2,1-3H3,(H2,13,16). The molecule has 4 nitrogen and oxygen atoms in total. The molecule has 1 atom stereocenters. The number of rotatable bonds is 5. The number of carbonyl (C=O) groups is 1. The maximum absolute atomic E-state index is 11.1. The van der Waals surface area contributed by atoms with E-state index in [0.717, 1.165) is 13.1 Å². The van der Waals surface area contributed by atoms with Crippen molar-refractivity contribution >= 4 is 5.91 Å². The molecule has 0 aliphatic carbocycles. The molecule has 1 saturated heterocycles. The van der Waals surface area contributed by atoms with Gasteiger partial charge in [-0.1, -0.05) is 0 Å². The molecule has 1 aliphatic rings. The van der Waals surface area contributed by atoms with Crippen LogP contribution in [-0.4, -0.2) is 44.0 Å². The lowest BCUT2D eigenvalue weighted by atomic mass is 9.92. The second-order valence-electron chi connectivity index (χ2n) is 5.65. The van der Waals surface area contributed by atoms with Gasteiger partial charge in [-0.15, -0.1) is 0 Å². The van der Waals surface area contributed by atoms with E-state index < -0.39 is 5.41 Å². The molecule has 94 valence electrons. The molecule has 0 bridgehead atoms. The van der Waals surface area contributed by atoms with Crippen LogP contribution in [0, 0.1) is 11.3 Å². The Bertz CT molecular complexity index is 240. The van der Waals surface area contributed by atoms with Crippen molar-refractivity contribution in [2.75, 3.05) is 33.2 Å². The van der Waals surface area contributed by atoms with E-state index in [-0.39, 0.29) is 5.91 Å². The van der Waals surface area contributed by atoms with Crippen LogP contribution in [0.1, 0.15) is 26.7 Å². The summed E-state index contributed by atoms with van der Waals surface area (Å²) in [5, 5.41) is 3.37. The third-order valence-electron chi connectivity index (χ3n) is 3.39. The molecule has 1 fully saturated rings. The Morgan fingerprint density at radius 2 is 2.25 bits per heavy atom. The normalized spacial score (nSPS) is 23.3. The Morgan fingerprint density at radius 1 is 1.56 bits per heavy atom. The molecule has 1 amide bonds. The van der Waals surface area contributed by atoms with Gasteiger partial charge in [-0.3, -0.25) is 4.79 Å². The molecule has 16 heavy (non-hydrogen) atoms. The summed E-state index contributed by atoms with van der Waals surface area (Å²) in [5.41, 5.74) is 4.88. The van der Waals surface area contributed by atoms with Crippen LogP contribution in [-0.2, 0) is 4.79 Å². The molecule has 0 aromatic heterocycles. The van der Waals surface area contributed by atoms with Gasteiger partial charge < -0.3 is 16.0 Å². The minimum absolute atomic E-state index is 0.235. The van der Waals surface area contributed by atoms with E-state index in [1.165, 1.54) is 19.4 Å². The number of carbonyl (C=O) groups excluding carboxylic acids is 1. The lowest BCUT2D eigenvalue weighted by Gasteiger charge is -2.30. The van der Waals surface area contributed by atoms with Gasteiger partial charge >= 0.3 is 0 Å². The van der Waals surface area contributed by atoms with Crippen LogP contribution in [0.15, 0.2) is 0 Å². The zero-order valence-corrected chi connectivity index (χ0v) is 10.8. The van der Waals surface area contributed by atoms with Crippen LogP contribution in [0.5, 0.6) is 0 Å². The fourth-order valence-electron chi connectivity index (χ4n) is 2.12. The van der Waals surface area contributed by atoms with Gasteiger partial charge in [0.1, 0.15) is 0 Å². The number of likely N-dealkylation sites (tertiary alicyclic amines) is 1. The summed E-state index contributed by atoms with van der Waals surface area (Å²) in [6.07, 6.45) is 2.57. The first-order chi connectivity index (χ1) is 7.42. The summed E-state index contributed by atoms with van der Waals surface area (Å²) in [5.74, 6) is 0.475. The third-order valence-corrected chi connectivity index (χ3v) is 3.39. The molecule has 1 rings (SSSR count). The molecule has 3 N–H and O–H groups in total. The van der Waals surface area contributed by atoms with Gasteiger partial charge in [0.2, 0.25) is 5.91 Å². The Kier molecular flexibility index (Phi) is 4.74. The lowest BCUT2D eigenvalue weighted by molar-refractivity contribution is -0.125. The van der Waals surface area contributed by atoms with Crippen LogP contribution in [0.4, 0.5) is 0 Å². The maximum atomic E-state index is 11.1. The smallest absolute Gasteiger partial charge is 0.224 e. The summed E-state index contributed by atoms with van der Waals surface area (Å²) in [6.45, 7) is 7.79. The first-order valence-corrected chi connectivity index (χ1v) is 6.11. The number of primary amides is 1. The molecule has 1 unspecified atom stereocenters. The van der Waals surface area contributed by atoms with E-state index in [0.29, 0.717) is 12.5 Å². The van der Waals surface area contributed by atoms with Crippen LogP contribution < -0.4 is 11.1 Å². The Hall–Kier alpha value is -0.610. The van der Waals surface area contributed by atoms with Crippen LogP contribution in [0.2, 0.25) is 0 Å².